The standard InChI is InChI=1S/C13H11F2NO3/c1-18-5-6-19-13(17)10(8-16)7-9-3-2-4-11(14)12(9)15/h2-4,7H,5-6H2,1H3. The van der Waals surface area contributed by atoms with Gasteiger partial charge in [0.1, 0.15) is 18.2 Å². The molecule has 0 N–H and O–H groups in total. The molecule has 0 aliphatic carbocycles. The highest BCUT2D eigenvalue weighted by Gasteiger charge is 2.13. The Bertz CT molecular complexity index is 535. The molecule has 0 saturated heterocycles. The summed E-state index contributed by atoms with van der Waals surface area (Å²) in [6, 6.07) is 5.04. The molecule has 6 heteroatoms. The quantitative estimate of drug-likeness (QED) is 0.354. The van der Waals surface area contributed by atoms with Crippen molar-refractivity contribution in [3.05, 3.63) is 41.0 Å². The molecule has 0 spiro atoms. The zero-order chi connectivity index (χ0) is 14.3. The maximum atomic E-state index is 13.4. The lowest BCUT2D eigenvalue weighted by Crippen LogP contribution is -2.11. The third-order valence-corrected chi connectivity index (χ3v) is 2.14. The number of carbonyl (C=O) groups excluding carboxylic acids is 1. The largest absolute Gasteiger partial charge is 0.459 e. The number of esters is 1. The zero-order valence-corrected chi connectivity index (χ0v) is 10.2. The Morgan fingerprint density at radius 2 is 2.16 bits per heavy atom. The number of methoxy groups -OCH3 is 1. The van der Waals surface area contributed by atoms with Gasteiger partial charge in [-0.1, -0.05) is 12.1 Å². The minimum absolute atomic E-state index is 0.0278. The molecule has 0 amide bonds. The van der Waals surface area contributed by atoms with Gasteiger partial charge in [-0.3, -0.25) is 0 Å². The second kappa shape index (κ2) is 7.24. The van der Waals surface area contributed by atoms with Gasteiger partial charge >= 0.3 is 5.97 Å². The molecule has 0 heterocycles. The molecular formula is C13H11F2NO3. The van der Waals surface area contributed by atoms with Gasteiger partial charge in [-0.05, 0) is 12.1 Å². The second-order valence-corrected chi connectivity index (χ2v) is 3.44. The molecule has 100 valence electrons. The van der Waals surface area contributed by atoms with Gasteiger partial charge < -0.3 is 9.47 Å². The highest BCUT2D eigenvalue weighted by Crippen LogP contribution is 2.15. The average Bonchev–Trinajstić information content (AvgIpc) is 2.40. The van der Waals surface area contributed by atoms with Gasteiger partial charge in [0.05, 0.1) is 6.61 Å². The van der Waals surface area contributed by atoms with Crippen molar-refractivity contribution in [2.24, 2.45) is 0 Å². The molecular weight excluding hydrogens is 256 g/mol. The Hall–Kier alpha value is -2.26. The van der Waals surface area contributed by atoms with Crippen LogP contribution in [-0.2, 0) is 14.3 Å². The lowest BCUT2D eigenvalue weighted by Gasteiger charge is -2.03. The van der Waals surface area contributed by atoms with E-state index in [2.05, 4.69) is 4.74 Å². The predicted octanol–water partition coefficient (Wildman–Crippen LogP) is 2.06. The van der Waals surface area contributed by atoms with Crippen molar-refractivity contribution in [2.75, 3.05) is 20.3 Å². The van der Waals surface area contributed by atoms with Crippen molar-refractivity contribution in [3.8, 4) is 6.07 Å². The molecule has 4 nitrogen and oxygen atoms in total. The minimum Gasteiger partial charge on any atom is -0.459 e. The fourth-order valence-electron chi connectivity index (χ4n) is 1.22. The Labute approximate surface area is 108 Å². The van der Waals surface area contributed by atoms with Gasteiger partial charge in [-0.25, -0.2) is 13.6 Å². The van der Waals surface area contributed by atoms with Crippen molar-refractivity contribution in [3.63, 3.8) is 0 Å². The van der Waals surface area contributed by atoms with Crippen LogP contribution in [0.5, 0.6) is 0 Å². The van der Waals surface area contributed by atoms with Crippen LogP contribution in [0.3, 0.4) is 0 Å². The summed E-state index contributed by atoms with van der Waals surface area (Å²) in [5.41, 5.74) is -0.610. The normalized spacial score (nSPS) is 10.9. The lowest BCUT2D eigenvalue weighted by molar-refractivity contribution is -0.139. The molecule has 1 rings (SSSR count). The number of carbonyl (C=O) groups is 1. The Balaban J connectivity index is 2.90. The van der Waals surface area contributed by atoms with Gasteiger partial charge in [0.15, 0.2) is 11.6 Å². The van der Waals surface area contributed by atoms with E-state index in [1.54, 1.807) is 6.07 Å². The van der Waals surface area contributed by atoms with Crippen LogP contribution in [0.2, 0.25) is 0 Å². The van der Waals surface area contributed by atoms with E-state index in [9.17, 15) is 13.6 Å². The van der Waals surface area contributed by atoms with Crippen molar-refractivity contribution in [1.82, 2.24) is 0 Å². The van der Waals surface area contributed by atoms with E-state index < -0.39 is 23.2 Å². The molecule has 1 aromatic rings. The molecule has 0 radical (unpaired) electrons. The van der Waals surface area contributed by atoms with E-state index in [0.29, 0.717) is 0 Å². The van der Waals surface area contributed by atoms with E-state index >= 15 is 0 Å². The third kappa shape index (κ3) is 4.16. The number of nitriles is 1. The highest BCUT2D eigenvalue weighted by atomic mass is 19.2. The smallest absolute Gasteiger partial charge is 0.348 e. The first-order chi connectivity index (χ1) is 9.10. The maximum Gasteiger partial charge on any atom is 0.348 e. The summed E-state index contributed by atoms with van der Waals surface area (Å²) in [7, 11) is 1.43. The van der Waals surface area contributed by atoms with Crippen LogP contribution < -0.4 is 0 Å². The monoisotopic (exact) mass is 267 g/mol. The molecule has 0 aromatic heterocycles. The number of halogens is 2. The number of hydrogen-bond acceptors (Lipinski definition) is 4. The molecule has 1 aromatic carbocycles. The SMILES string of the molecule is COCCOC(=O)C(C#N)=Cc1cccc(F)c1F. The molecule has 0 bridgehead atoms. The molecule has 0 saturated carbocycles. The fourth-order valence-corrected chi connectivity index (χ4v) is 1.22. The van der Waals surface area contributed by atoms with Crippen LogP contribution in [0.1, 0.15) is 5.56 Å². The molecule has 0 atom stereocenters. The fraction of sp³-hybridized carbons (Fsp3) is 0.231. The molecule has 0 aliphatic rings. The van der Waals surface area contributed by atoms with Crippen LogP contribution >= 0.6 is 0 Å². The summed E-state index contributed by atoms with van der Waals surface area (Å²) in [4.78, 5) is 11.5. The van der Waals surface area contributed by atoms with Gasteiger partial charge in [0, 0.05) is 12.7 Å². The van der Waals surface area contributed by atoms with E-state index in [1.807, 2.05) is 0 Å². The summed E-state index contributed by atoms with van der Waals surface area (Å²) in [5, 5.41) is 8.81. The Morgan fingerprint density at radius 1 is 1.42 bits per heavy atom. The predicted molar refractivity (Wildman–Crippen MR) is 62.8 cm³/mol. The van der Waals surface area contributed by atoms with E-state index in [4.69, 9.17) is 10.00 Å². The summed E-state index contributed by atoms with van der Waals surface area (Å²) >= 11 is 0. The Morgan fingerprint density at radius 3 is 2.79 bits per heavy atom. The maximum absolute atomic E-state index is 13.4. The van der Waals surface area contributed by atoms with E-state index in [1.165, 1.54) is 19.2 Å². The van der Waals surface area contributed by atoms with Gasteiger partial charge in [0.25, 0.3) is 0 Å². The highest BCUT2D eigenvalue weighted by molar-refractivity contribution is 5.97. The zero-order valence-electron chi connectivity index (χ0n) is 10.2. The van der Waals surface area contributed by atoms with E-state index in [0.717, 1.165) is 12.1 Å². The molecule has 0 fully saturated rings. The third-order valence-electron chi connectivity index (χ3n) is 2.14. The minimum atomic E-state index is -1.13. The summed E-state index contributed by atoms with van der Waals surface area (Å²) in [6.07, 6.45) is 0.938. The van der Waals surface area contributed by atoms with Crippen molar-refractivity contribution >= 4 is 12.0 Å². The van der Waals surface area contributed by atoms with Crippen LogP contribution in [0.15, 0.2) is 23.8 Å². The first-order valence-electron chi connectivity index (χ1n) is 5.32. The van der Waals surface area contributed by atoms with Crippen molar-refractivity contribution in [1.29, 1.82) is 5.26 Å². The Kier molecular flexibility index (Phi) is 5.64. The number of rotatable bonds is 5. The summed E-state index contributed by atoms with van der Waals surface area (Å²) < 4.78 is 35.7. The number of benzene rings is 1. The molecule has 0 unspecified atom stereocenters. The van der Waals surface area contributed by atoms with Crippen molar-refractivity contribution in [2.45, 2.75) is 0 Å². The lowest BCUT2D eigenvalue weighted by atomic mass is 10.1. The van der Waals surface area contributed by atoms with Gasteiger partial charge in [0.2, 0.25) is 0 Å². The van der Waals surface area contributed by atoms with Gasteiger partial charge in [-0.15, -0.1) is 0 Å². The second-order valence-electron chi connectivity index (χ2n) is 3.44. The average molecular weight is 267 g/mol. The number of hydrogen-bond donors (Lipinski definition) is 0. The molecule has 19 heavy (non-hydrogen) atoms. The van der Waals surface area contributed by atoms with Crippen LogP contribution in [0, 0.1) is 23.0 Å². The van der Waals surface area contributed by atoms with E-state index in [-0.39, 0.29) is 18.8 Å². The van der Waals surface area contributed by atoms with Crippen molar-refractivity contribution < 1.29 is 23.0 Å². The number of ether oxygens (including phenoxy) is 2. The van der Waals surface area contributed by atoms with Crippen LogP contribution in [0.4, 0.5) is 8.78 Å². The number of nitrogens with zero attached hydrogens (tertiary/aromatic N) is 1. The first kappa shape index (κ1) is 14.8. The van der Waals surface area contributed by atoms with Crippen LogP contribution in [-0.4, -0.2) is 26.3 Å². The van der Waals surface area contributed by atoms with Gasteiger partial charge in [-0.2, -0.15) is 5.26 Å². The molecule has 0 aliphatic heterocycles. The topological polar surface area (TPSA) is 59.3 Å². The first-order valence-corrected chi connectivity index (χ1v) is 5.32. The summed E-state index contributed by atoms with van der Waals surface area (Å²) in [5.74, 6) is -3.10. The summed E-state index contributed by atoms with van der Waals surface area (Å²) in [6.45, 7) is 0.152. The van der Waals surface area contributed by atoms with Crippen LogP contribution in [0.25, 0.3) is 6.08 Å².